The Morgan fingerprint density at radius 3 is 2.22 bits per heavy atom. The van der Waals surface area contributed by atoms with Crippen LogP contribution in [0.25, 0.3) is 16.8 Å². The van der Waals surface area contributed by atoms with Crippen molar-refractivity contribution in [2.24, 2.45) is 0 Å². The summed E-state index contributed by atoms with van der Waals surface area (Å²) in [6.07, 6.45) is 7.31. The van der Waals surface area contributed by atoms with E-state index in [2.05, 4.69) is 133 Å². The Morgan fingerprint density at radius 2 is 1.44 bits per heavy atom. The maximum atomic E-state index is 4.75. The zero-order valence-corrected chi connectivity index (χ0v) is 20.5. The van der Waals surface area contributed by atoms with Gasteiger partial charge in [-0.15, -0.1) is 0 Å². The van der Waals surface area contributed by atoms with Crippen molar-refractivity contribution in [1.82, 2.24) is 4.98 Å². The van der Waals surface area contributed by atoms with Gasteiger partial charge in [0.2, 0.25) is 5.69 Å². The van der Waals surface area contributed by atoms with Crippen LogP contribution < -0.4 is 0 Å². The third-order valence-corrected chi connectivity index (χ3v) is 7.28. The number of fused-ring (bicyclic) bond motifs is 3. The van der Waals surface area contributed by atoms with E-state index in [9.17, 15) is 0 Å². The van der Waals surface area contributed by atoms with Crippen molar-refractivity contribution in [3.8, 4) is 0 Å². The van der Waals surface area contributed by atoms with Crippen LogP contribution in [0.1, 0.15) is 29.3 Å². The minimum atomic E-state index is -0.245. The summed E-state index contributed by atoms with van der Waals surface area (Å²) in [6.45, 7) is 3.21. The van der Waals surface area contributed by atoms with Crippen LogP contribution in [0.5, 0.6) is 0 Å². The van der Waals surface area contributed by atoms with E-state index in [0.717, 1.165) is 18.7 Å². The molecular formula is C34H29N2+. The third kappa shape index (κ3) is 4.05. The Labute approximate surface area is 212 Å². The van der Waals surface area contributed by atoms with E-state index in [0.29, 0.717) is 0 Å². The normalized spacial score (nSPS) is 17.1. The van der Waals surface area contributed by atoms with Gasteiger partial charge >= 0.3 is 0 Å². The lowest BCUT2D eigenvalue weighted by atomic mass is 9.73. The molecule has 1 aliphatic heterocycles. The Kier molecular flexibility index (Phi) is 5.79. The summed E-state index contributed by atoms with van der Waals surface area (Å²) in [5.74, 6) is 0. The fraction of sp³-hybridized carbons (Fsp3) is 0.118. The number of nitrogens with zero attached hydrogens (tertiary/aromatic N) is 2. The second-order valence-corrected chi connectivity index (χ2v) is 9.71. The van der Waals surface area contributed by atoms with Gasteiger partial charge < -0.3 is 0 Å². The summed E-state index contributed by atoms with van der Waals surface area (Å²) in [4.78, 5) is 4.75. The average molecular weight is 466 g/mol. The number of pyridine rings is 1. The molecule has 1 aromatic heterocycles. The lowest BCUT2D eigenvalue weighted by molar-refractivity contribution is -0.455. The molecule has 36 heavy (non-hydrogen) atoms. The standard InChI is InChI=1S/C34H29N2/c1-34(24-29-17-10-11-23-35-29)32(22-19-26-12-4-2-5-13-26)36(25-27-14-6-3-7-15-27)31-21-20-28-16-8-9-18-30(28)33(31)34/h2-23H,24-25H2,1H3/q+1/b22-19+. The number of aromatic nitrogens is 1. The summed E-state index contributed by atoms with van der Waals surface area (Å²) >= 11 is 0. The Hall–Kier alpha value is -4.30. The minimum absolute atomic E-state index is 0.245. The lowest BCUT2D eigenvalue weighted by Crippen LogP contribution is -2.34. The van der Waals surface area contributed by atoms with Crippen LogP contribution in [-0.2, 0) is 18.4 Å². The molecule has 2 nitrogen and oxygen atoms in total. The molecule has 2 heteroatoms. The fourth-order valence-corrected chi connectivity index (χ4v) is 5.61. The molecule has 5 aromatic rings. The molecule has 0 fully saturated rings. The van der Waals surface area contributed by atoms with Gasteiger partial charge in [-0.1, -0.05) is 91.0 Å². The highest BCUT2D eigenvalue weighted by atomic mass is 15.1. The number of benzene rings is 4. The monoisotopic (exact) mass is 465 g/mol. The van der Waals surface area contributed by atoms with Crippen molar-refractivity contribution in [1.29, 1.82) is 0 Å². The van der Waals surface area contributed by atoms with Gasteiger partial charge in [-0.25, -0.2) is 0 Å². The first kappa shape index (κ1) is 22.2. The first-order chi connectivity index (χ1) is 17.7. The molecule has 0 radical (unpaired) electrons. The van der Waals surface area contributed by atoms with Gasteiger partial charge in [0, 0.05) is 41.6 Å². The second-order valence-electron chi connectivity index (χ2n) is 9.71. The van der Waals surface area contributed by atoms with Crippen LogP contribution in [0.15, 0.2) is 128 Å². The van der Waals surface area contributed by atoms with Gasteiger partial charge in [-0.2, -0.15) is 4.58 Å². The van der Waals surface area contributed by atoms with Gasteiger partial charge in [0.15, 0.2) is 12.3 Å². The molecule has 0 bridgehead atoms. The number of hydrogen-bond donors (Lipinski definition) is 0. The molecule has 0 aliphatic carbocycles. The summed E-state index contributed by atoms with van der Waals surface area (Å²) in [6, 6.07) is 40.9. The van der Waals surface area contributed by atoms with Gasteiger partial charge in [-0.3, -0.25) is 4.98 Å². The summed E-state index contributed by atoms with van der Waals surface area (Å²) < 4.78 is 2.51. The largest absolute Gasteiger partial charge is 0.261 e. The highest BCUT2D eigenvalue weighted by Crippen LogP contribution is 2.46. The molecule has 0 saturated carbocycles. The van der Waals surface area contributed by atoms with Gasteiger partial charge in [-0.05, 0) is 47.5 Å². The summed E-state index contributed by atoms with van der Waals surface area (Å²) in [5, 5.41) is 2.59. The molecule has 0 N–H and O–H groups in total. The molecule has 6 rings (SSSR count). The summed E-state index contributed by atoms with van der Waals surface area (Å²) in [5.41, 5.74) is 7.32. The molecule has 1 unspecified atom stereocenters. The Bertz CT molecular complexity index is 1570. The highest BCUT2D eigenvalue weighted by Gasteiger charge is 2.49. The first-order valence-corrected chi connectivity index (χ1v) is 12.6. The van der Waals surface area contributed by atoms with Gasteiger partial charge in [0.25, 0.3) is 0 Å². The van der Waals surface area contributed by atoms with Crippen molar-refractivity contribution < 1.29 is 4.58 Å². The maximum absolute atomic E-state index is 4.75. The van der Waals surface area contributed by atoms with Crippen molar-refractivity contribution in [3.63, 3.8) is 0 Å². The van der Waals surface area contributed by atoms with Crippen LogP contribution in [0.2, 0.25) is 0 Å². The van der Waals surface area contributed by atoms with Crippen LogP contribution in [0.4, 0.5) is 5.69 Å². The van der Waals surface area contributed by atoms with Gasteiger partial charge in [0.1, 0.15) is 0 Å². The topological polar surface area (TPSA) is 15.9 Å². The molecule has 1 atom stereocenters. The second kappa shape index (κ2) is 9.39. The molecule has 2 heterocycles. The number of allylic oxidation sites excluding steroid dienone is 1. The predicted molar refractivity (Wildman–Crippen MR) is 150 cm³/mol. The van der Waals surface area contributed by atoms with E-state index in [4.69, 9.17) is 4.98 Å². The third-order valence-electron chi connectivity index (χ3n) is 7.28. The molecule has 174 valence electrons. The smallest absolute Gasteiger partial charge is 0.210 e. The first-order valence-electron chi connectivity index (χ1n) is 12.6. The van der Waals surface area contributed by atoms with Crippen molar-refractivity contribution in [2.75, 3.05) is 0 Å². The molecule has 1 aliphatic rings. The number of hydrogen-bond acceptors (Lipinski definition) is 1. The van der Waals surface area contributed by atoms with Crippen LogP contribution in [0, 0.1) is 0 Å². The van der Waals surface area contributed by atoms with E-state index in [1.54, 1.807) is 0 Å². The predicted octanol–water partition coefficient (Wildman–Crippen LogP) is 7.75. The molecular weight excluding hydrogens is 436 g/mol. The molecule has 0 saturated heterocycles. The minimum Gasteiger partial charge on any atom is -0.261 e. The van der Waals surface area contributed by atoms with Crippen LogP contribution in [0.3, 0.4) is 0 Å². The molecule has 0 spiro atoms. The zero-order chi connectivity index (χ0) is 24.4. The molecule has 4 aromatic carbocycles. The zero-order valence-electron chi connectivity index (χ0n) is 20.5. The van der Waals surface area contributed by atoms with E-state index < -0.39 is 0 Å². The lowest BCUT2D eigenvalue weighted by Gasteiger charge is -2.23. The highest BCUT2D eigenvalue weighted by molar-refractivity contribution is 6.09. The van der Waals surface area contributed by atoms with Crippen molar-refractivity contribution >= 4 is 28.2 Å². The van der Waals surface area contributed by atoms with Crippen LogP contribution in [-0.4, -0.2) is 15.3 Å². The quantitative estimate of drug-likeness (QED) is 0.234. The maximum Gasteiger partial charge on any atom is 0.210 e. The van der Waals surface area contributed by atoms with Crippen molar-refractivity contribution in [3.05, 3.63) is 150 Å². The molecule has 0 amide bonds. The van der Waals surface area contributed by atoms with E-state index in [1.807, 2.05) is 12.3 Å². The van der Waals surface area contributed by atoms with E-state index in [1.165, 1.54) is 38.9 Å². The van der Waals surface area contributed by atoms with Crippen molar-refractivity contribution in [2.45, 2.75) is 25.3 Å². The SMILES string of the molecule is CC1(Cc2ccccn2)C(/C=C/c2ccccc2)=[N+](Cc2ccccc2)c2ccc3ccccc3c21. The Morgan fingerprint density at radius 1 is 0.722 bits per heavy atom. The van der Waals surface area contributed by atoms with E-state index >= 15 is 0 Å². The van der Waals surface area contributed by atoms with E-state index in [-0.39, 0.29) is 5.41 Å². The van der Waals surface area contributed by atoms with Crippen LogP contribution >= 0.6 is 0 Å². The fourth-order valence-electron chi connectivity index (χ4n) is 5.61. The average Bonchev–Trinajstić information content (AvgIpc) is 3.16. The number of rotatable bonds is 6. The van der Waals surface area contributed by atoms with Gasteiger partial charge in [0.05, 0.1) is 5.41 Å². The summed E-state index contributed by atoms with van der Waals surface area (Å²) in [7, 11) is 0. The Balaban J connectivity index is 1.60.